The van der Waals surface area contributed by atoms with Gasteiger partial charge in [0.25, 0.3) is 5.91 Å². The van der Waals surface area contributed by atoms with Crippen molar-refractivity contribution in [3.8, 4) is 11.5 Å². The zero-order chi connectivity index (χ0) is 18.0. The highest BCUT2D eigenvalue weighted by Crippen LogP contribution is 2.29. The van der Waals surface area contributed by atoms with E-state index in [1.807, 2.05) is 7.05 Å². The van der Waals surface area contributed by atoms with E-state index in [-0.39, 0.29) is 17.6 Å². The Hall–Kier alpha value is -2.38. The van der Waals surface area contributed by atoms with Crippen LogP contribution in [0, 0.1) is 12.8 Å². The van der Waals surface area contributed by atoms with Crippen molar-refractivity contribution in [3.63, 3.8) is 0 Å². The summed E-state index contributed by atoms with van der Waals surface area (Å²) in [4.78, 5) is 25.3. The molecule has 1 N–H and O–H groups in total. The van der Waals surface area contributed by atoms with Gasteiger partial charge in [-0.1, -0.05) is 0 Å². The molecular formula is C17H21F2N5O. The molecule has 3 rings (SSSR count). The fraction of sp³-hybridized carbons (Fsp3) is 0.529. The third-order valence-corrected chi connectivity index (χ3v) is 4.60. The Balaban J connectivity index is 1.71. The minimum Gasteiger partial charge on any atom is -0.348 e. The molecule has 8 heteroatoms. The number of carbonyl (C=O) groups excluding carboxylic acids is 1. The van der Waals surface area contributed by atoms with Crippen molar-refractivity contribution < 1.29 is 13.6 Å². The van der Waals surface area contributed by atoms with Gasteiger partial charge in [-0.3, -0.25) is 4.79 Å². The second-order valence-corrected chi connectivity index (χ2v) is 6.53. The molecule has 1 fully saturated rings. The Morgan fingerprint density at radius 1 is 1.28 bits per heavy atom. The van der Waals surface area contributed by atoms with Gasteiger partial charge in [-0.05, 0) is 38.7 Å². The number of hydrogen-bond acceptors (Lipinski definition) is 4. The van der Waals surface area contributed by atoms with Gasteiger partial charge in [0.15, 0.2) is 5.82 Å². The number of hydrogen-bond donors (Lipinski definition) is 1. The number of halogens is 2. The summed E-state index contributed by atoms with van der Waals surface area (Å²) in [5, 5.41) is 2.91. The Labute approximate surface area is 144 Å². The van der Waals surface area contributed by atoms with Crippen molar-refractivity contribution in [1.29, 1.82) is 0 Å². The molecule has 1 aliphatic carbocycles. The molecule has 1 aliphatic rings. The number of nitrogens with zero attached hydrogens (tertiary/aromatic N) is 4. The molecule has 0 aliphatic heterocycles. The molecule has 6 nitrogen and oxygen atoms in total. The van der Waals surface area contributed by atoms with E-state index in [4.69, 9.17) is 0 Å². The highest BCUT2D eigenvalue weighted by molar-refractivity contribution is 5.92. The largest absolute Gasteiger partial charge is 0.348 e. The van der Waals surface area contributed by atoms with E-state index >= 15 is 0 Å². The molecular weight excluding hydrogens is 328 g/mol. The minimum absolute atomic E-state index is 0.0853. The number of alkyl halides is 2. The fourth-order valence-corrected chi connectivity index (χ4v) is 3.15. The van der Waals surface area contributed by atoms with Crippen molar-refractivity contribution in [2.75, 3.05) is 0 Å². The smallest absolute Gasteiger partial charge is 0.270 e. The van der Waals surface area contributed by atoms with E-state index in [2.05, 4.69) is 20.3 Å². The average molecular weight is 349 g/mol. The molecule has 1 amide bonds. The molecule has 0 spiro atoms. The van der Waals surface area contributed by atoms with Gasteiger partial charge in [-0.15, -0.1) is 0 Å². The summed E-state index contributed by atoms with van der Waals surface area (Å²) in [6.07, 6.45) is 3.02. The summed E-state index contributed by atoms with van der Waals surface area (Å²) in [7, 11) is 1.83. The van der Waals surface area contributed by atoms with Crippen molar-refractivity contribution >= 4 is 5.91 Å². The van der Waals surface area contributed by atoms with Crippen LogP contribution in [0.3, 0.4) is 0 Å². The molecule has 0 unspecified atom stereocenters. The maximum atomic E-state index is 12.7. The number of aromatic nitrogens is 4. The van der Waals surface area contributed by atoms with Crippen LogP contribution < -0.4 is 5.32 Å². The summed E-state index contributed by atoms with van der Waals surface area (Å²) < 4.78 is 27.2. The van der Waals surface area contributed by atoms with Crippen LogP contribution in [0.5, 0.6) is 0 Å². The standard InChI is InChI=1S/C17H21F2N5O/c1-10-7-13(23-16(21-10)14-8-20-9-24(14)2)17(25)22-12-5-3-11(4-6-12)15(18)19/h7-9,11-12,15H,3-6H2,1-2H3,(H,22,25)/t11-,12-. The van der Waals surface area contributed by atoms with Gasteiger partial charge in [0.05, 0.1) is 12.5 Å². The first-order chi connectivity index (χ1) is 11.9. The van der Waals surface area contributed by atoms with Gasteiger partial charge >= 0.3 is 0 Å². The predicted molar refractivity (Wildman–Crippen MR) is 88.2 cm³/mol. The highest BCUT2D eigenvalue weighted by Gasteiger charge is 2.28. The molecule has 0 saturated heterocycles. The second kappa shape index (κ2) is 7.25. The lowest BCUT2D eigenvalue weighted by Crippen LogP contribution is -2.39. The van der Waals surface area contributed by atoms with Crippen molar-refractivity contribution in [2.24, 2.45) is 13.0 Å². The Kier molecular flexibility index (Phi) is 5.06. The highest BCUT2D eigenvalue weighted by atomic mass is 19.3. The van der Waals surface area contributed by atoms with Crippen LogP contribution in [0.4, 0.5) is 8.78 Å². The molecule has 0 aromatic carbocycles. The Morgan fingerprint density at radius 2 is 2.00 bits per heavy atom. The number of imidazole rings is 1. The molecule has 0 radical (unpaired) electrons. The van der Waals surface area contributed by atoms with Crippen molar-refractivity contribution in [2.45, 2.75) is 45.1 Å². The number of carbonyl (C=O) groups is 1. The van der Waals surface area contributed by atoms with Gasteiger partial charge in [0, 0.05) is 24.7 Å². The first kappa shape index (κ1) is 17.4. The predicted octanol–water partition coefficient (Wildman–Crippen LogP) is 2.74. The van der Waals surface area contributed by atoms with Crippen molar-refractivity contribution in [1.82, 2.24) is 24.8 Å². The van der Waals surface area contributed by atoms with Crippen LogP contribution in [0.25, 0.3) is 11.5 Å². The maximum absolute atomic E-state index is 12.7. The summed E-state index contributed by atoms with van der Waals surface area (Å²) in [6, 6.07) is 1.54. The number of aryl methyl sites for hydroxylation is 2. The summed E-state index contributed by atoms with van der Waals surface area (Å²) in [6.45, 7) is 1.80. The zero-order valence-corrected chi connectivity index (χ0v) is 14.2. The van der Waals surface area contributed by atoms with Crippen LogP contribution in [-0.2, 0) is 7.05 Å². The summed E-state index contributed by atoms with van der Waals surface area (Å²) in [5.41, 5.74) is 1.67. The lowest BCUT2D eigenvalue weighted by molar-refractivity contribution is 0.0499. The van der Waals surface area contributed by atoms with Crippen molar-refractivity contribution in [3.05, 3.63) is 30.0 Å². The SMILES string of the molecule is Cc1cc(C(=O)N[C@H]2CC[C@H](C(F)F)CC2)nc(-c2cncn2C)n1. The molecule has 2 heterocycles. The van der Waals surface area contributed by atoms with Crippen LogP contribution >= 0.6 is 0 Å². The number of nitrogens with one attached hydrogen (secondary N) is 1. The van der Waals surface area contributed by atoms with E-state index in [1.165, 1.54) is 0 Å². The molecule has 134 valence electrons. The second-order valence-electron chi connectivity index (χ2n) is 6.53. The van der Waals surface area contributed by atoms with Crippen LogP contribution in [0.1, 0.15) is 41.9 Å². The Bertz CT molecular complexity index is 753. The maximum Gasteiger partial charge on any atom is 0.270 e. The van der Waals surface area contributed by atoms with E-state index < -0.39 is 12.3 Å². The van der Waals surface area contributed by atoms with E-state index in [9.17, 15) is 13.6 Å². The average Bonchev–Trinajstić information content (AvgIpc) is 3.01. The van der Waals surface area contributed by atoms with E-state index in [0.717, 1.165) is 5.69 Å². The molecule has 0 atom stereocenters. The first-order valence-electron chi connectivity index (χ1n) is 8.35. The molecule has 2 aromatic heterocycles. The van der Waals surface area contributed by atoms with Gasteiger partial charge < -0.3 is 9.88 Å². The van der Waals surface area contributed by atoms with Crippen LogP contribution in [-0.4, -0.2) is 37.9 Å². The molecule has 0 bridgehead atoms. The van der Waals surface area contributed by atoms with E-state index in [1.54, 1.807) is 30.1 Å². The zero-order valence-electron chi connectivity index (χ0n) is 14.2. The van der Waals surface area contributed by atoms with Crippen LogP contribution in [0.2, 0.25) is 0 Å². The fourth-order valence-electron chi connectivity index (χ4n) is 3.15. The third kappa shape index (κ3) is 4.00. The number of rotatable bonds is 4. The summed E-state index contributed by atoms with van der Waals surface area (Å²) in [5.74, 6) is -0.410. The number of amides is 1. The van der Waals surface area contributed by atoms with Crippen LogP contribution in [0.15, 0.2) is 18.6 Å². The van der Waals surface area contributed by atoms with Gasteiger partial charge in [-0.25, -0.2) is 23.7 Å². The monoisotopic (exact) mass is 349 g/mol. The molecule has 2 aromatic rings. The molecule has 25 heavy (non-hydrogen) atoms. The first-order valence-corrected chi connectivity index (χ1v) is 8.35. The molecule has 1 saturated carbocycles. The third-order valence-electron chi connectivity index (χ3n) is 4.60. The van der Waals surface area contributed by atoms with Gasteiger partial charge in [0.2, 0.25) is 6.43 Å². The Morgan fingerprint density at radius 3 is 2.60 bits per heavy atom. The quantitative estimate of drug-likeness (QED) is 0.921. The van der Waals surface area contributed by atoms with Gasteiger partial charge in [0.1, 0.15) is 11.4 Å². The lowest BCUT2D eigenvalue weighted by atomic mass is 9.86. The summed E-state index contributed by atoms with van der Waals surface area (Å²) >= 11 is 0. The topological polar surface area (TPSA) is 72.7 Å². The van der Waals surface area contributed by atoms with Gasteiger partial charge in [-0.2, -0.15) is 0 Å². The van der Waals surface area contributed by atoms with E-state index in [0.29, 0.717) is 37.2 Å². The normalized spacial score (nSPS) is 20.7. The lowest BCUT2D eigenvalue weighted by Gasteiger charge is -2.28. The minimum atomic E-state index is -2.28.